The zero-order chi connectivity index (χ0) is 21.5. The van der Waals surface area contributed by atoms with Crippen molar-refractivity contribution in [3.05, 3.63) is 88.6 Å². The standard InChI is InChI=1S/C24H25N3O2S/c1-16-8-7-11-20(12-16)27-23(29)22-17(2)13-18(3)26-24(22)30-15-21(28)25-14-19-9-5-4-6-10-19/h4-13H,14-15H2,1-3H3,(H,25,28)(H,27,29). The molecule has 0 unspecified atom stereocenters. The molecule has 2 N–H and O–H groups in total. The van der Waals surface area contributed by atoms with E-state index in [4.69, 9.17) is 0 Å². The van der Waals surface area contributed by atoms with E-state index < -0.39 is 0 Å². The van der Waals surface area contributed by atoms with Crippen LogP contribution in [0.15, 0.2) is 65.7 Å². The van der Waals surface area contributed by atoms with Crippen LogP contribution < -0.4 is 10.6 Å². The molecule has 2 aromatic carbocycles. The Morgan fingerprint density at radius 2 is 1.73 bits per heavy atom. The largest absolute Gasteiger partial charge is 0.351 e. The van der Waals surface area contributed by atoms with Gasteiger partial charge in [0.25, 0.3) is 5.91 Å². The first kappa shape index (κ1) is 21.6. The summed E-state index contributed by atoms with van der Waals surface area (Å²) in [5.41, 5.74) is 4.99. The van der Waals surface area contributed by atoms with Crippen LogP contribution in [0.1, 0.15) is 32.7 Å². The molecule has 0 saturated heterocycles. The second-order valence-electron chi connectivity index (χ2n) is 7.14. The highest BCUT2D eigenvalue weighted by Crippen LogP contribution is 2.25. The van der Waals surface area contributed by atoms with Crippen molar-refractivity contribution in [1.82, 2.24) is 10.3 Å². The highest BCUT2D eigenvalue weighted by Gasteiger charge is 2.18. The van der Waals surface area contributed by atoms with Gasteiger partial charge in [0.05, 0.1) is 11.3 Å². The van der Waals surface area contributed by atoms with Gasteiger partial charge < -0.3 is 10.6 Å². The highest BCUT2D eigenvalue weighted by atomic mass is 32.2. The molecule has 30 heavy (non-hydrogen) atoms. The zero-order valence-corrected chi connectivity index (χ0v) is 18.2. The van der Waals surface area contributed by atoms with Gasteiger partial charge in [-0.1, -0.05) is 54.2 Å². The minimum atomic E-state index is -0.224. The second kappa shape index (κ2) is 10.1. The van der Waals surface area contributed by atoms with E-state index in [1.54, 1.807) is 0 Å². The number of hydrogen-bond donors (Lipinski definition) is 2. The predicted octanol–water partition coefficient (Wildman–Crippen LogP) is 4.67. The molecule has 5 nitrogen and oxygen atoms in total. The molecule has 1 heterocycles. The van der Waals surface area contributed by atoms with E-state index in [0.717, 1.165) is 28.1 Å². The van der Waals surface area contributed by atoms with Crippen LogP contribution in [0.5, 0.6) is 0 Å². The number of rotatable bonds is 7. The quantitative estimate of drug-likeness (QED) is 0.546. The molecule has 0 saturated carbocycles. The summed E-state index contributed by atoms with van der Waals surface area (Å²) in [6, 6.07) is 19.3. The molecule has 0 aliphatic heterocycles. The maximum absolute atomic E-state index is 13.0. The molecular formula is C24H25N3O2S. The third kappa shape index (κ3) is 5.94. The molecule has 0 fully saturated rings. The lowest BCUT2D eigenvalue weighted by Crippen LogP contribution is -2.25. The van der Waals surface area contributed by atoms with Gasteiger partial charge in [0.2, 0.25) is 5.91 Å². The Morgan fingerprint density at radius 3 is 2.47 bits per heavy atom. The Labute approximate surface area is 181 Å². The highest BCUT2D eigenvalue weighted by molar-refractivity contribution is 8.00. The molecule has 3 rings (SSSR count). The van der Waals surface area contributed by atoms with E-state index in [0.29, 0.717) is 17.1 Å². The van der Waals surface area contributed by atoms with Crippen molar-refractivity contribution < 1.29 is 9.59 Å². The van der Waals surface area contributed by atoms with Crippen molar-refractivity contribution in [1.29, 1.82) is 0 Å². The molecule has 0 radical (unpaired) electrons. The molecule has 0 spiro atoms. The van der Waals surface area contributed by atoms with Gasteiger partial charge in [0, 0.05) is 17.9 Å². The number of carbonyl (C=O) groups excluding carboxylic acids is 2. The molecular weight excluding hydrogens is 394 g/mol. The van der Waals surface area contributed by atoms with E-state index in [9.17, 15) is 9.59 Å². The van der Waals surface area contributed by atoms with Crippen molar-refractivity contribution in [2.75, 3.05) is 11.1 Å². The normalized spacial score (nSPS) is 10.5. The lowest BCUT2D eigenvalue weighted by Gasteiger charge is -2.13. The van der Waals surface area contributed by atoms with Crippen LogP contribution in [-0.4, -0.2) is 22.6 Å². The number of nitrogens with zero attached hydrogens (tertiary/aromatic N) is 1. The first-order valence-corrected chi connectivity index (χ1v) is 10.7. The van der Waals surface area contributed by atoms with E-state index in [1.807, 2.05) is 81.4 Å². The molecule has 0 atom stereocenters. The van der Waals surface area contributed by atoms with Crippen molar-refractivity contribution in [3.8, 4) is 0 Å². The molecule has 0 aliphatic carbocycles. The van der Waals surface area contributed by atoms with E-state index in [2.05, 4.69) is 15.6 Å². The summed E-state index contributed by atoms with van der Waals surface area (Å²) in [6.45, 7) is 6.22. The monoisotopic (exact) mass is 419 g/mol. The number of benzene rings is 2. The topological polar surface area (TPSA) is 71.1 Å². The van der Waals surface area contributed by atoms with Crippen molar-refractivity contribution in [2.45, 2.75) is 32.3 Å². The molecule has 6 heteroatoms. The summed E-state index contributed by atoms with van der Waals surface area (Å²) < 4.78 is 0. The number of nitrogens with one attached hydrogen (secondary N) is 2. The third-order valence-corrected chi connectivity index (χ3v) is 5.46. The first-order valence-electron chi connectivity index (χ1n) is 9.72. The lowest BCUT2D eigenvalue weighted by molar-refractivity contribution is -0.118. The van der Waals surface area contributed by atoms with Crippen LogP contribution in [0.25, 0.3) is 0 Å². The number of anilines is 1. The summed E-state index contributed by atoms with van der Waals surface area (Å²) >= 11 is 1.28. The van der Waals surface area contributed by atoms with E-state index >= 15 is 0 Å². The first-order chi connectivity index (χ1) is 14.4. The fraction of sp³-hybridized carbons (Fsp3) is 0.208. The number of aromatic nitrogens is 1. The summed E-state index contributed by atoms with van der Waals surface area (Å²) in [5.74, 6) is -0.138. The van der Waals surface area contributed by atoms with Crippen molar-refractivity contribution in [2.24, 2.45) is 0 Å². The third-order valence-electron chi connectivity index (χ3n) is 4.49. The van der Waals surface area contributed by atoms with Crippen LogP contribution in [0, 0.1) is 20.8 Å². The smallest absolute Gasteiger partial charge is 0.258 e. The summed E-state index contributed by atoms with van der Waals surface area (Å²) in [5, 5.41) is 6.41. The van der Waals surface area contributed by atoms with Crippen LogP contribution in [0.2, 0.25) is 0 Å². The Hall–Kier alpha value is -3.12. The second-order valence-corrected chi connectivity index (χ2v) is 8.10. The Kier molecular flexibility index (Phi) is 7.25. The minimum Gasteiger partial charge on any atom is -0.351 e. The lowest BCUT2D eigenvalue weighted by atomic mass is 10.1. The Balaban J connectivity index is 1.69. The van der Waals surface area contributed by atoms with Crippen molar-refractivity contribution >= 4 is 29.3 Å². The molecule has 1 aromatic heterocycles. The summed E-state index contributed by atoms with van der Waals surface area (Å²) in [4.78, 5) is 29.8. The number of amides is 2. The van der Waals surface area contributed by atoms with Crippen molar-refractivity contribution in [3.63, 3.8) is 0 Å². The molecule has 2 amide bonds. The van der Waals surface area contributed by atoms with Crippen LogP contribution in [0.4, 0.5) is 5.69 Å². The Bertz CT molecular complexity index is 1050. The van der Waals surface area contributed by atoms with Crippen LogP contribution >= 0.6 is 11.8 Å². The average molecular weight is 420 g/mol. The summed E-state index contributed by atoms with van der Waals surface area (Å²) in [6.07, 6.45) is 0. The fourth-order valence-corrected chi connectivity index (χ4v) is 4.06. The Morgan fingerprint density at radius 1 is 0.967 bits per heavy atom. The maximum atomic E-state index is 13.0. The zero-order valence-electron chi connectivity index (χ0n) is 17.4. The number of pyridine rings is 1. The van der Waals surface area contributed by atoms with Gasteiger partial charge in [-0.15, -0.1) is 0 Å². The van der Waals surface area contributed by atoms with E-state index in [-0.39, 0.29) is 17.6 Å². The van der Waals surface area contributed by atoms with Gasteiger partial charge in [-0.25, -0.2) is 4.98 Å². The molecule has 0 bridgehead atoms. The van der Waals surface area contributed by atoms with Gasteiger partial charge in [-0.05, 0) is 55.7 Å². The summed E-state index contributed by atoms with van der Waals surface area (Å²) in [7, 11) is 0. The number of thioether (sulfide) groups is 1. The predicted molar refractivity (Wildman–Crippen MR) is 122 cm³/mol. The SMILES string of the molecule is Cc1cccc(NC(=O)c2c(C)cc(C)nc2SCC(=O)NCc2ccccc2)c1. The van der Waals surface area contributed by atoms with Gasteiger partial charge in [-0.3, -0.25) is 9.59 Å². The fourth-order valence-electron chi connectivity index (χ4n) is 3.08. The van der Waals surface area contributed by atoms with Gasteiger partial charge >= 0.3 is 0 Å². The van der Waals surface area contributed by atoms with Crippen LogP contribution in [0.3, 0.4) is 0 Å². The minimum absolute atomic E-state index is 0.102. The van der Waals surface area contributed by atoms with Crippen LogP contribution in [-0.2, 0) is 11.3 Å². The molecule has 0 aliphatic rings. The van der Waals surface area contributed by atoms with E-state index in [1.165, 1.54) is 11.8 Å². The van der Waals surface area contributed by atoms with Gasteiger partial charge in [0.15, 0.2) is 0 Å². The molecule has 3 aromatic rings. The number of carbonyl (C=O) groups is 2. The van der Waals surface area contributed by atoms with Gasteiger partial charge in [0.1, 0.15) is 5.03 Å². The number of aryl methyl sites for hydroxylation is 3. The van der Waals surface area contributed by atoms with Gasteiger partial charge in [-0.2, -0.15) is 0 Å². The molecule has 154 valence electrons. The average Bonchev–Trinajstić information content (AvgIpc) is 2.71. The number of hydrogen-bond acceptors (Lipinski definition) is 4. The maximum Gasteiger partial charge on any atom is 0.258 e.